The summed E-state index contributed by atoms with van der Waals surface area (Å²) < 4.78 is 0. The van der Waals surface area contributed by atoms with Crippen molar-refractivity contribution >= 4 is 11.7 Å². The van der Waals surface area contributed by atoms with Gasteiger partial charge in [0, 0.05) is 37.5 Å². The lowest BCUT2D eigenvalue weighted by atomic mass is 9.58. The summed E-state index contributed by atoms with van der Waals surface area (Å²) in [5.41, 5.74) is 7.94. The van der Waals surface area contributed by atoms with Crippen molar-refractivity contribution in [1.29, 1.82) is 10.8 Å². The molecule has 0 radical (unpaired) electrons. The number of nitrogens with two attached hydrogens (primary N) is 1. The van der Waals surface area contributed by atoms with Gasteiger partial charge < -0.3 is 20.4 Å². The second-order valence-corrected chi connectivity index (χ2v) is 12.4. The summed E-state index contributed by atoms with van der Waals surface area (Å²) in [4.78, 5) is 6.88. The molecular formula is C34H58N6. The molecule has 0 bridgehead atoms. The van der Waals surface area contributed by atoms with Gasteiger partial charge >= 0.3 is 0 Å². The second kappa shape index (κ2) is 17.6. The molecule has 2 unspecified atom stereocenters. The van der Waals surface area contributed by atoms with Gasteiger partial charge in [-0.05, 0) is 96.5 Å². The van der Waals surface area contributed by atoms with Gasteiger partial charge in [0.2, 0.25) is 0 Å². The van der Waals surface area contributed by atoms with Crippen LogP contribution in [0.5, 0.6) is 0 Å². The van der Waals surface area contributed by atoms with Crippen molar-refractivity contribution in [2.75, 3.05) is 39.8 Å². The monoisotopic (exact) mass is 550 g/mol. The maximum atomic E-state index is 9.01. The quantitative estimate of drug-likeness (QED) is 0.109. The zero-order chi connectivity index (χ0) is 29.5. The molecule has 1 aromatic carbocycles. The molecule has 1 saturated heterocycles. The molecule has 6 nitrogen and oxygen atoms in total. The van der Waals surface area contributed by atoms with Crippen LogP contribution in [-0.4, -0.2) is 72.2 Å². The number of hydrogen-bond acceptors (Lipinski definition) is 5. The fourth-order valence-corrected chi connectivity index (χ4v) is 6.37. The summed E-state index contributed by atoms with van der Waals surface area (Å²) in [5.74, 6) is 4.13. The lowest BCUT2D eigenvalue weighted by Crippen LogP contribution is -2.56. The number of piperidine rings is 1. The Morgan fingerprint density at radius 3 is 2.45 bits per heavy atom. The van der Waals surface area contributed by atoms with Crippen LogP contribution in [0.15, 0.2) is 30.3 Å². The van der Waals surface area contributed by atoms with E-state index in [9.17, 15) is 0 Å². The molecule has 1 aromatic rings. The zero-order valence-electron chi connectivity index (χ0n) is 26.2. The molecule has 1 heterocycles. The fourth-order valence-electron chi connectivity index (χ4n) is 6.37. The van der Waals surface area contributed by atoms with Crippen LogP contribution in [0.25, 0.3) is 0 Å². The maximum absolute atomic E-state index is 9.01. The van der Waals surface area contributed by atoms with Crippen LogP contribution in [0.4, 0.5) is 0 Å². The van der Waals surface area contributed by atoms with Gasteiger partial charge in [-0.25, -0.2) is 0 Å². The number of terminal acetylenes is 1. The average Bonchev–Trinajstić information content (AvgIpc) is 2.93. The number of likely N-dealkylation sites (tertiary alicyclic amines) is 1. The molecule has 2 aliphatic rings. The number of benzene rings is 1. The Morgan fingerprint density at radius 1 is 1.18 bits per heavy atom. The highest BCUT2D eigenvalue weighted by Crippen LogP contribution is 2.52. The van der Waals surface area contributed by atoms with E-state index in [4.69, 9.17) is 23.0 Å². The van der Waals surface area contributed by atoms with Crippen LogP contribution in [0.3, 0.4) is 0 Å². The van der Waals surface area contributed by atoms with Crippen molar-refractivity contribution in [1.82, 2.24) is 14.7 Å². The van der Waals surface area contributed by atoms with Gasteiger partial charge in [-0.1, -0.05) is 57.0 Å². The number of unbranched alkanes of at least 4 members (excludes halogenated alkanes) is 3. The number of likely N-dealkylation sites (N-methyl/N-ethyl adjacent to an activating group) is 1. The highest BCUT2D eigenvalue weighted by atomic mass is 15.3. The minimum Gasteiger partial charge on any atom is -0.324 e. The Bertz CT molecular complexity index is 914. The van der Waals surface area contributed by atoms with Gasteiger partial charge in [0.25, 0.3) is 0 Å². The summed E-state index contributed by atoms with van der Waals surface area (Å²) in [7, 11) is 2.12. The van der Waals surface area contributed by atoms with E-state index in [0.29, 0.717) is 17.1 Å². The summed E-state index contributed by atoms with van der Waals surface area (Å²) in [5, 5.41) is 17.4. The van der Waals surface area contributed by atoms with E-state index in [1.165, 1.54) is 44.2 Å². The van der Waals surface area contributed by atoms with E-state index in [1.807, 2.05) is 30.0 Å². The maximum Gasteiger partial charge on any atom is 0.105 e. The first-order chi connectivity index (χ1) is 19.2. The van der Waals surface area contributed by atoms with Crippen LogP contribution in [-0.2, 0) is 0 Å². The van der Waals surface area contributed by atoms with E-state index in [0.717, 1.165) is 58.3 Å². The van der Waals surface area contributed by atoms with Crippen molar-refractivity contribution in [3.05, 3.63) is 35.9 Å². The van der Waals surface area contributed by atoms with Crippen LogP contribution < -0.4 is 5.73 Å². The third-order valence-electron chi connectivity index (χ3n) is 8.72. The standard InChI is InChI=1S/C30H48N6.C4H10/c1-5-6-7-11-17-35-18-12-16-30(23-35)20-27(21-30)29(33)36(25(3)31)24(2)22-34(4)19-15-28(32)26-13-9-8-10-14-26;1-3-4-2/h1,8-10,13-14,24,27-28,31,33H,6-7,11-12,15-23,32H2,2-4H3;3-4H2,1-2H3. The van der Waals surface area contributed by atoms with E-state index in [1.54, 1.807) is 0 Å². The van der Waals surface area contributed by atoms with Crippen molar-refractivity contribution < 1.29 is 0 Å². The molecule has 1 aliphatic carbocycles. The Morgan fingerprint density at radius 2 is 1.85 bits per heavy atom. The first kappa shape index (κ1) is 34.0. The molecule has 1 saturated carbocycles. The highest BCUT2D eigenvalue weighted by Gasteiger charge is 2.49. The van der Waals surface area contributed by atoms with Crippen molar-refractivity contribution in [2.24, 2.45) is 17.1 Å². The molecule has 2 fully saturated rings. The van der Waals surface area contributed by atoms with Crippen LogP contribution in [0, 0.1) is 34.5 Å². The van der Waals surface area contributed by atoms with Gasteiger partial charge in [-0.2, -0.15) is 0 Å². The van der Waals surface area contributed by atoms with Crippen LogP contribution >= 0.6 is 0 Å². The van der Waals surface area contributed by atoms with Gasteiger partial charge in [0.05, 0.1) is 5.84 Å². The molecule has 40 heavy (non-hydrogen) atoms. The van der Waals surface area contributed by atoms with E-state index in [2.05, 4.69) is 55.7 Å². The minimum absolute atomic E-state index is 0.0291. The number of nitrogens with zero attached hydrogens (tertiary/aromatic N) is 3. The second-order valence-electron chi connectivity index (χ2n) is 12.4. The molecule has 0 aromatic heterocycles. The third-order valence-corrected chi connectivity index (χ3v) is 8.72. The Kier molecular flexibility index (Phi) is 14.9. The van der Waals surface area contributed by atoms with Crippen molar-refractivity contribution in [3.8, 4) is 12.3 Å². The highest BCUT2D eigenvalue weighted by molar-refractivity contribution is 5.98. The first-order valence-electron chi connectivity index (χ1n) is 15.7. The topological polar surface area (TPSA) is 83.4 Å². The number of nitrogens with one attached hydrogen (secondary N) is 2. The molecule has 4 N–H and O–H groups in total. The smallest absolute Gasteiger partial charge is 0.105 e. The third kappa shape index (κ3) is 10.7. The lowest BCUT2D eigenvalue weighted by molar-refractivity contribution is -0.00444. The van der Waals surface area contributed by atoms with Gasteiger partial charge in [-0.3, -0.25) is 10.8 Å². The Labute approximate surface area is 246 Å². The molecule has 2 atom stereocenters. The minimum atomic E-state index is 0.0291. The van der Waals surface area contributed by atoms with Crippen LogP contribution in [0.1, 0.15) is 104 Å². The fraction of sp³-hybridized carbons (Fsp3) is 0.706. The normalized spacial score (nSPS) is 22.0. The van der Waals surface area contributed by atoms with E-state index >= 15 is 0 Å². The van der Waals surface area contributed by atoms with Gasteiger partial charge in [0.1, 0.15) is 5.84 Å². The molecule has 224 valence electrons. The summed E-state index contributed by atoms with van der Waals surface area (Å²) in [6, 6.07) is 10.4. The molecule has 1 aliphatic heterocycles. The first-order valence-corrected chi connectivity index (χ1v) is 15.7. The van der Waals surface area contributed by atoms with Crippen molar-refractivity contribution in [2.45, 2.75) is 104 Å². The summed E-state index contributed by atoms with van der Waals surface area (Å²) in [6.07, 6.45) is 16.8. The predicted octanol–water partition coefficient (Wildman–Crippen LogP) is 6.78. The largest absolute Gasteiger partial charge is 0.324 e. The predicted molar refractivity (Wildman–Crippen MR) is 172 cm³/mol. The van der Waals surface area contributed by atoms with E-state index < -0.39 is 0 Å². The number of rotatable bonds is 13. The number of amidine groups is 2. The average molecular weight is 551 g/mol. The molecule has 3 rings (SSSR count). The van der Waals surface area contributed by atoms with Crippen LogP contribution in [0.2, 0.25) is 0 Å². The molecule has 0 amide bonds. The van der Waals surface area contributed by atoms with Gasteiger partial charge in [-0.15, -0.1) is 12.3 Å². The van der Waals surface area contributed by atoms with E-state index in [-0.39, 0.29) is 18.0 Å². The lowest BCUT2D eigenvalue weighted by Gasteiger charge is -2.54. The summed E-state index contributed by atoms with van der Waals surface area (Å²) >= 11 is 0. The van der Waals surface area contributed by atoms with Gasteiger partial charge in [0.15, 0.2) is 0 Å². The molecular weight excluding hydrogens is 492 g/mol. The van der Waals surface area contributed by atoms with Crippen molar-refractivity contribution in [3.63, 3.8) is 0 Å². The Hall–Kier alpha value is -2.20. The Balaban J connectivity index is 0.00000131. The molecule has 1 spiro atoms. The SMILES string of the molecule is C#CCCCCN1CCCC2(CC(C(=N)N(C(C)=N)C(C)CN(C)CCC(N)c3ccccc3)C2)C1.CCCC. The summed E-state index contributed by atoms with van der Waals surface area (Å²) in [6.45, 7) is 13.5. The zero-order valence-corrected chi connectivity index (χ0v) is 26.2. The molecule has 6 heteroatoms. The number of hydrogen-bond donors (Lipinski definition) is 3.